The molecule has 1 aromatic rings. The predicted molar refractivity (Wildman–Crippen MR) is 83.5 cm³/mol. The van der Waals surface area contributed by atoms with Crippen LogP contribution in [0.25, 0.3) is 6.08 Å². The lowest BCUT2D eigenvalue weighted by atomic mass is 10.1. The summed E-state index contributed by atoms with van der Waals surface area (Å²) in [5.41, 5.74) is 4.34. The van der Waals surface area contributed by atoms with E-state index in [0.29, 0.717) is 6.42 Å². The third-order valence-corrected chi connectivity index (χ3v) is 5.01. The minimum Gasteiger partial charge on any atom is -0.273 e. The number of sulfone groups is 1. The van der Waals surface area contributed by atoms with Gasteiger partial charge in [0.15, 0.2) is 9.84 Å². The number of carbonyl (C=O) groups excluding carboxylic acids is 1. The van der Waals surface area contributed by atoms with Crippen LogP contribution in [0.4, 0.5) is 0 Å². The molecule has 1 aliphatic rings. The SMILES string of the molecule is CC(/C=N\NC(=O)[C@H]1CCS(=O)(=O)C1)=C\c1ccccc1. The summed E-state index contributed by atoms with van der Waals surface area (Å²) < 4.78 is 22.6. The first-order chi connectivity index (χ1) is 9.96. The molecule has 5 nitrogen and oxygen atoms in total. The Hall–Kier alpha value is -1.95. The molecule has 1 fully saturated rings. The van der Waals surface area contributed by atoms with Gasteiger partial charge in [-0.05, 0) is 24.5 Å². The van der Waals surface area contributed by atoms with Crippen molar-refractivity contribution in [3.8, 4) is 0 Å². The molecule has 1 saturated heterocycles. The Bertz CT molecular complexity index is 663. The highest BCUT2D eigenvalue weighted by Gasteiger charge is 2.32. The number of rotatable bonds is 4. The van der Waals surface area contributed by atoms with Gasteiger partial charge >= 0.3 is 0 Å². The van der Waals surface area contributed by atoms with Crippen molar-refractivity contribution in [3.05, 3.63) is 41.5 Å². The van der Waals surface area contributed by atoms with E-state index in [2.05, 4.69) is 10.5 Å². The summed E-state index contributed by atoms with van der Waals surface area (Å²) in [5.74, 6) is -0.806. The van der Waals surface area contributed by atoms with Gasteiger partial charge in [-0.15, -0.1) is 0 Å². The van der Waals surface area contributed by atoms with Crippen LogP contribution in [0.5, 0.6) is 0 Å². The molecule has 0 saturated carbocycles. The zero-order chi connectivity index (χ0) is 15.3. The molecule has 2 rings (SSSR count). The second-order valence-corrected chi connectivity index (χ2v) is 7.36. The molecule has 1 atom stereocenters. The van der Waals surface area contributed by atoms with Gasteiger partial charge in [-0.2, -0.15) is 5.10 Å². The molecule has 112 valence electrons. The smallest absolute Gasteiger partial charge is 0.244 e. The Morgan fingerprint density at radius 2 is 2.05 bits per heavy atom. The number of hydrogen-bond donors (Lipinski definition) is 1. The van der Waals surface area contributed by atoms with Crippen LogP contribution in [-0.2, 0) is 14.6 Å². The van der Waals surface area contributed by atoms with Gasteiger partial charge in [-0.3, -0.25) is 4.79 Å². The van der Waals surface area contributed by atoms with Crippen LogP contribution in [0.3, 0.4) is 0 Å². The number of amides is 1. The van der Waals surface area contributed by atoms with Crippen LogP contribution in [0.2, 0.25) is 0 Å². The number of allylic oxidation sites excluding steroid dienone is 1. The largest absolute Gasteiger partial charge is 0.273 e. The Kier molecular flexibility index (Phi) is 4.90. The first kappa shape index (κ1) is 15.4. The second-order valence-electron chi connectivity index (χ2n) is 5.13. The molecule has 1 heterocycles. The Morgan fingerprint density at radius 3 is 2.67 bits per heavy atom. The molecule has 1 N–H and O–H groups in total. The average Bonchev–Trinajstić information content (AvgIpc) is 2.80. The Labute approximate surface area is 124 Å². The normalized spacial score (nSPS) is 21.6. The summed E-state index contributed by atoms with van der Waals surface area (Å²) in [7, 11) is -3.05. The van der Waals surface area contributed by atoms with E-state index in [-0.39, 0.29) is 17.4 Å². The van der Waals surface area contributed by atoms with Crippen LogP contribution in [0.15, 0.2) is 41.0 Å². The summed E-state index contributed by atoms with van der Waals surface area (Å²) in [5, 5.41) is 3.87. The van der Waals surface area contributed by atoms with E-state index < -0.39 is 15.8 Å². The number of benzene rings is 1. The van der Waals surface area contributed by atoms with Crippen molar-refractivity contribution < 1.29 is 13.2 Å². The Balaban J connectivity index is 1.88. The number of hydrogen-bond acceptors (Lipinski definition) is 4. The van der Waals surface area contributed by atoms with Crippen LogP contribution in [-0.4, -0.2) is 32.0 Å². The molecule has 0 spiro atoms. The van der Waals surface area contributed by atoms with E-state index in [1.54, 1.807) is 6.21 Å². The average molecular weight is 306 g/mol. The van der Waals surface area contributed by atoms with Crippen molar-refractivity contribution in [2.24, 2.45) is 11.0 Å². The third kappa shape index (κ3) is 4.82. The molecule has 0 aliphatic carbocycles. The topological polar surface area (TPSA) is 75.6 Å². The van der Waals surface area contributed by atoms with Crippen molar-refractivity contribution in [2.45, 2.75) is 13.3 Å². The second kappa shape index (κ2) is 6.67. The van der Waals surface area contributed by atoms with Crippen molar-refractivity contribution >= 4 is 28.0 Å². The zero-order valence-electron chi connectivity index (χ0n) is 11.8. The fourth-order valence-corrected chi connectivity index (χ4v) is 3.88. The van der Waals surface area contributed by atoms with Crippen LogP contribution in [0.1, 0.15) is 18.9 Å². The van der Waals surface area contributed by atoms with E-state index >= 15 is 0 Å². The summed E-state index contributed by atoms with van der Waals surface area (Å²) >= 11 is 0. The van der Waals surface area contributed by atoms with Gasteiger partial charge < -0.3 is 0 Å². The fraction of sp³-hybridized carbons (Fsp3) is 0.333. The van der Waals surface area contributed by atoms with E-state index in [4.69, 9.17) is 0 Å². The lowest BCUT2D eigenvalue weighted by Crippen LogP contribution is -2.27. The van der Waals surface area contributed by atoms with Gasteiger partial charge in [-0.25, -0.2) is 13.8 Å². The monoisotopic (exact) mass is 306 g/mol. The third-order valence-electron chi connectivity index (χ3n) is 3.24. The predicted octanol–water partition coefficient (Wildman–Crippen LogP) is 1.63. The molecule has 0 bridgehead atoms. The lowest BCUT2D eigenvalue weighted by molar-refractivity contribution is -0.124. The quantitative estimate of drug-likeness (QED) is 0.678. The minimum absolute atomic E-state index is 0.0762. The molecule has 1 amide bonds. The van der Waals surface area contributed by atoms with E-state index in [9.17, 15) is 13.2 Å². The van der Waals surface area contributed by atoms with Gasteiger partial charge in [-0.1, -0.05) is 36.4 Å². The summed E-state index contributed by atoms with van der Waals surface area (Å²) in [6, 6.07) is 9.77. The molecular weight excluding hydrogens is 288 g/mol. The number of nitrogens with one attached hydrogen (secondary N) is 1. The Morgan fingerprint density at radius 1 is 1.33 bits per heavy atom. The zero-order valence-corrected chi connectivity index (χ0v) is 12.6. The van der Waals surface area contributed by atoms with Gasteiger partial charge in [0, 0.05) is 0 Å². The van der Waals surface area contributed by atoms with Gasteiger partial charge in [0.1, 0.15) is 0 Å². The molecule has 0 aromatic heterocycles. The highest BCUT2D eigenvalue weighted by molar-refractivity contribution is 7.91. The highest BCUT2D eigenvalue weighted by atomic mass is 32.2. The van der Waals surface area contributed by atoms with Crippen LogP contribution >= 0.6 is 0 Å². The standard InChI is InChI=1S/C15H18N2O3S/c1-12(9-13-5-3-2-4-6-13)10-16-17-15(18)14-7-8-21(19,20)11-14/h2-6,9-10,14H,7-8,11H2,1H3,(H,17,18)/b12-9+,16-10-/t14-/m0/s1. The van der Waals surface area contributed by atoms with Crippen LogP contribution in [0, 0.1) is 5.92 Å². The van der Waals surface area contributed by atoms with Crippen molar-refractivity contribution in [3.63, 3.8) is 0 Å². The van der Waals surface area contributed by atoms with Crippen molar-refractivity contribution in [2.75, 3.05) is 11.5 Å². The molecule has 0 radical (unpaired) electrons. The molecule has 1 aliphatic heterocycles. The molecular formula is C15H18N2O3S. The lowest BCUT2D eigenvalue weighted by Gasteiger charge is -2.04. The first-order valence-corrected chi connectivity index (χ1v) is 8.55. The maximum absolute atomic E-state index is 11.8. The van der Waals surface area contributed by atoms with Gasteiger partial charge in [0.2, 0.25) is 5.91 Å². The maximum atomic E-state index is 11.8. The minimum atomic E-state index is -3.05. The molecule has 1 aromatic carbocycles. The molecule has 0 unspecified atom stereocenters. The van der Waals surface area contributed by atoms with Crippen molar-refractivity contribution in [1.82, 2.24) is 5.43 Å². The van der Waals surface area contributed by atoms with Crippen molar-refractivity contribution in [1.29, 1.82) is 0 Å². The molecule has 6 heteroatoms. The van der Waals surface area contributed by atoms with Crippen LogP contribution < -0.4 is 5.43 Å². The fourth-order valence-electron chi connectivity index (χ4n) is 2.14. The first-order valence-electron chi connectivity index (χ1n) is 6.73. The molecule has 21 heavy (non-hydrogen) atoms. The highest BCUT2D eigenvalue weighted by Crippen LogP contribution is 2.18. The number of hydrazone groups is 1. The summed E-state index contributed by atoms with van der Waals surface area (Å²) in [4.78, 5) is 11.8. The maximum Gasteiger partial charge on any atom is 0.244 e. The summed E-state index contributed by atoms with van der Waals surface area (Å²) in [6.07, 6.45) is 3.87. The number of nitrogens with zero attached hydrogens (tertiary/aromatic N) is 1. The number of carbonyl (C=O) groups is 1. The van der Waals surface area contributed by atoms with E-state index in [1.165, 1.54) is 0 Å². The van der Waals surface area contributed by atoms with Gasteiger partial charge in [0.25, 0.3) is 0 Å². The van der Waals surface area contributed by atoms with E-state index in [1.807, 2.05) is 43.3 Å². The summed E-state index contributed by atoms with van der Waals surface area (Å²) in [6.45, 7) is 1.88. The van der Waals surface area contributed by atoms with Gasteiger partial charge in [0.05, 0.1) is 23.6 Å². The van der Waals surface area contributed by atoms with E-state index in [0.717, 1.165) is 11.1 Å².